The first-order valence-electron chi connectivity index (χ1n) is 10.3. The van der Waals surface area contributed by atoms with Gasteiger partial charge in [-0.3, -0.25) is 4.79 Å². The second-order valence-electron chi connectivity index (χ2n) is 8.53. The number of allylic oxidation sites excluding steroid dienone is 2. The Morgan fingerprint density at radius 1 is 1.19 bits per heavy atom. The summed E-state index contributed by atoms with van der Waals surface area (Å²) in [6, 6.07) is 0. The average Bonchev–Trinajstić information content (AvgIpc) is 2.86. The van der Waals surface area contributed by atoms with Crippen molar-refractivity contribution < 1.29 is 25.2 Å². The van der Waals surface area contributed by atoms with E-state index >= 15 is 0 Å². The van der Waals surface area contributed by atoms with E-state index in [1.165, 1.54) is 0 Å². The van der Waals surface area contributed by atoms with Gasteiger partial charge in [0.1, 0.15) is 0 Å². The van der Waals surface area contributed by atoms with Gasteiger partial charge in [0.25, 0.3) is 0 Å². The Balaban J connectivity index is 2.62. The highest BCUT2D eigenvalue weighted by Gasteiger charge is 2.39. The van der Waals surface area contributed by atoms with Gasteiger partial charge in [-0.05, 0) is 37.0 Å². The molecule has 1 fully saturated rings. The Bertz CT molecular complexity index is 497. The fraction of sp³-hybridized carbons (Fsp3) is 0.773. The van der Waals surface area contributed by atoms with Crippen LogP contribution in [0.5, 0.6) is 0 Å². The highest BCUT2D eigenvalue weighted by Crippen LogP contribution is 2.37. The normalized spacial score (nSPS) is 27.6. The van der Waals surface area contributed by atoms with Crippen molar-refractivity contribution in [2.24, 2.45) is 17.3 Å². The van der Waals surface area contributed by atoms with Crippen LogP contribution in [0.4, 0.5) is 0 Å². The molecule has 0 aromatic carbocycles. The minimum atomic E-state index is -0.789. The Hall–Kier alpha value is -1.17. The molecule has 0 spiro atoms. The first-order valence-corrected chi connectivity index (χ1v) is 10.3. The van der Waals surface area contributed by atoms with Gasteiger partial charge in [0.05, 0.1) is 18.3 Å². The quantitative estimate of drug-likeness (QED) is 0.305. The van der Waals surface area contributed by atoms with E-state index < -0.39 is 24.3 Å². The SMILES string of the molecule is CCCCC(C)(C)[C@H](O)/C=C/[C@@H]1[C@@H](C/C=C/CCCC(=O)O)[C@H](O)C[C@H]1O. The third-order valence-corrected chi connectivity index (χ3v) is 5.74. The summed E-state index contributed by atoms with van der Waals surface area (Å²) >= 11 is 0. The molecule has 0 aromatic heterocycles. The van der Waals surface area contributed by atoms with E-state index in [2.05, 4.69) is 20.8 Å². The highest BCUT2D eigenvalue weighted by atomic mass is 16.4. The maximum Gasteiger partial charge on any atom is 0.303 e. The molecular formula is C22H38O5. The van der Waals surface area contributed by atoms with E-state index in [1.54, 1.807) is 6.08 Å². The average molecular weight is 383 g/mol. The lowest BCUT2D eigenvalue weighted by Gasteiger charge is -2.29. The van der Waals surface area contributed by atoms with Crippen molar-refractivity contribution in [3.8, 4) is 0 Å². The molecule has 1 saturated carbocycles. The van der Waals surface area contributed by atoms with Gasteiger partial charge in [0.2, 0.25) is 0 Å². The van der Waals surface area contributed by atoms with Crippen molar-refractivity contribution in [3.05, 3.63) is 24.3 Å². The predicted molar refractivity (Wildman–Crippen MR) is 107 cm³/mol. The third kappa shape index (κ3) is 8.16. The third-order valence-electron chi connectivity index (χ3n) is 5.74. The summed E-state index contributed by atoms with van der Waals surface area (Å²) in [7, 11) is 0. The molecule has 0 saturated heterocycles. The number of aliphatic hydroxyl groups is 3. The molecule has 0 unspecified atom stereocenters. The number of carbonyl (C=O) groups is 1. The zero-order valence-electron chi connectivity index (χ0n) is 17.1. The van der Waals surface area contributed by atoms with E-state index in [0.29, 0.717) is 25.7 Å². The molecule has 1 aliphatic rings. The number of aliphatic carboxylic acids is 1. The lowest BCUT2D eigenvalue weighted by molar-refractivity contribution is -0.137. The van der Waals surface area contributed by atoms with Gasteiger partial charge in [-0.1, -0.05) is 57.9 Å². The Morgan fingerprint density at radius 3 is 2.52 bits per heavy atom. The van der Waals surface area contributed by atoms with Gasteiger partial charge < -0.3 is 20.4 Å². The van der Waals surface area contributed by atoms with E-state index in [0.717, 1.165) is 19.3 Å². The van der Waals surface area contributed by atoms with Crippen LogP contribution < -0.4 is 0 Å². The van der Waals surface area contributed by atoms with Crippen LogP contribution in [-0.4, -0.2) is 44.7 Å². The lowest BCUT2D eigenvalue weighted by Crippen LogP contribution is -2.28. The van der Waals surface area contributed by atoms with Crippen molar-refractivity contribution in [2.45, 2.75) is 90.4 Å². The predicted octanol–water partition coefficient (Wildman–Crippen LogP) is 3.68. The van der Waals surface area contributed by atoms with Crippen LogP contribution in [0.25, 0.3) is 0 Å². The number of aliphatic hydroxyl groups excluding tert-OH is 3. The minimum absolute atomic E-state index is 0.0853. The zero-order valence-corrected chi connectivity index (χ0v) is 17.1. The van der Waals surface area contributed by atoms with Crippen molar-refractivity contribution in [1.82, 2.24) is 0 Å². The number of carboxylic acid groups (broad SMARTS) is 1. The molecule has 5 atom stereocenters. The highest BCUT2D eigenvalue weighted by molar-refractivity contribution is 5.66. The van der Waals surface area contributed by atoms with Crippen LogP contribution in [0.3, 0.4) is 0 Å². The number of rotatable bonds is 12. The first kappa shape index (κ1) is 23.9. The summed E-state index contributed by atoms with van der Waals surface area (Å²) < 4.78 is 0. The van der Waals surface area contributed by atoms with Gasteiger partial charge in [-0.15, -0.1) is 0 Å². The largest absolute Gasteiger partial charge is 0.481 e. The van der Waals surface area contributed by atoms with Crippen LogP contribution in [0.2, 0.25) is 0 Å². The molecule has 0 radical (unpaired) electrons. The molecule has 0 aromatic rings. The van der Waals surface area contributed by atoms with Crippen LogP contribution in [-0.2, 0) is 4.79 Å². The summed E-state index contributed by atoms with van der Waals surface area (Å²) in [5.74, 6) is -1.05. The number of hydrogen-bond donors (Lipinski definition) is 4. The minimum Gasteiger partial charge on any atom is -0.481 e. The smallest absolute Gasteiger partial charge is 0.303 e. The van der Waals surface area contributed by atoms with E-state index in [4.69, 9.17) is 5.11 Å². The number of hydrogen-bond acceptors (Lipinski definition) is 4. The standard InChI is InChI=1S/C22H38O5/c1-4-5-14-22(2,3)20(25)13-12-17-16(18(23)15-19(17)24)10-8-6-7-9-11-21(26)27/h6,8,12-13,16-20,23-25H,4-5,7,9-11,14-15H2,1-3H3,(H,26,27)/b8-6+,13-12+/t16-,17-,18-,19-,20-/m1/s1. The maximum atomic E-state index is 10.5. The molecule has 1 rings (SSSR count). The van der Waals surface area contributed by atoms with Gasteiger partial charge in [0, 0.05) is 18.8 Å². The fourth-order valence-electron chi connectivity index (χ4n) is 3.72. The molecular weight excluding hydrogens is 344 g/mol. The summed E-state index contributed by atoms with van der Waals surface area (Å²) in [6.45, 7) is 6.23. The van der Waals surface area contributed by atoms with Crippen LogP contribution in [0, 0.1) is 17.3 Å². The van der Waals surface area contributed by atoms with E-state index in [-0.39, 0.29) is 23.7 Å². The first-order chi connectivity index (χ1) is 12.7. The summed E-state index contributed by atoms with van der Waals surface area (Å²) in [5, 5.41) is 39.7. The number of carboxylic acids is 1. The molecule has 5 nitrogen and oxygen atoms in total. The van der Waals surface area contributed by atoms with Crippen molar-refractivity contribution in [2.75, 3.05) is 0 Å². The summed E-state index contributed by atoms with van der Waals surface area (Å²) in [5.41, 5.74) is -0.214. The molecule has 156 valence electrons. The molecule has 0 aliphatic heterocycles. The molecule has 27 heavy (non-hydrogen) atoms. The van der Waals surface area contributed by atoms with Crippen molar-refractivity contribution in [3.63, 3.8) is 0 Å². The molecule has 5 heteroatoms. The molecule has 0 heterocycles. The monoisotopic (exact) mass is 382 g/mol. The number of unbranched alkanes of at least 4 members (excludes halogenated alkanes) is 2. The maximum absolute atomic E-state index is 10.5. The zero-order chi connectivity index (χ0) is 20.4. The Kier molecular flexibility index (Phi) is 10.3. The molecule has 0 amide bonds. The fourth-order valence-corrected chi connectivity index (χ4v) is 3.72. The molecule has 1 aliphatic carbocycles. The Labute approximate surface area is 163 Å². The van der Waals surface area contributed by atoms with Crippen LogP contribution >= 0.6 is 0 Å². The second-order valence-corrected chi connectivity index (χ2v) is 8.53. The van der Waals surface area contributed by atoms with Crippen molar-refractivity contribution in [1.29, 1.82) is 0 Å². The lowest BCUT2D eigenvalue weighted by atomic mass is 9.80. The summed E-state index contributed by atoms with van der Waals surface area (Å²) in [6.07, 6.45) is 11.4. The van der Waals surface area contributed by atoms with Gasteiger partial charge in [0.15, 0.2) is 0 Å². The second kappa shape index (κ2) is 11.6. The Morgan fingerprint density at radius 2 is 1.89 bits per heavy atom. The van der Waals surface area contributed by atoms with Crippen LogP contribution in [0.1, 0.15) is 72.1 Å². The van der Waals surface area contributed by atoms with E-state index in [9.17, 15) is 20.1 Å². The topological polar surface area (TPSA) is 98.0 Å². The van der Waals surface area contributed by atoms with Gasteiger partial charge in [-0.25, -0.2) is 0 Å². The molecule has 4 N–H and O–H groups in total. The van der Waals surface area contributed by atoms with Gasteiger partial charge in [-0.2, -0.15) is 0 Å². The molecule has 0 bridgehead atoms. The van der Waals surface area contributed by atoms with E-state index in [1.807, 2.05) is 18.2 Å². The van der Waals surface area contributed by atoms with Crippen LogP contribution in [0.15, 0.2) is 24.3 Å². The summed E-state index contributed by atoms with van der Waals surface area (Å²) in [4.78, 5) is 10.5. The van der Waals surface area contributed by atoms with Crippen molar-refractivity contribution >= 4 is 5.97 Å². The van der Waals surface area contributed by atoms with Gasteiger partial charge >= 0.3 is 5.97 Å².